The van der Waals surface area contributed by atoms with E-state index in [4.69, 9.17) is 4.74 Å². The molecule has 0 aliphatic carbocycles. The van der Waals surface area contributed by atoms with Gasteiger partial charge in [0.05, 0.1) is 11.7 Å². The van der Waals surface area contributed by atoms with Crippen LogP contribution >= 0.6 is 11.8 Å². The second-order valence-corrected chi connectivity index (χ2v) is 6.11. The molecule has 6 heteroatoms. The smallest absolute Gasteiger partial charge is 0.131 e. The normalized spacial score (nSPS) is 20.4. The first-order valence-corrected chi connectivity index (χ1v) is 8.69. The highest BCUT2D eigenvalue weighted by Crippen LogP contribution is 2.19. The lowest BCUT2D eigenvalue weighted by molar-refractivity contribution is 0.250. The summed E-state index contributed by atoms with van der Waals surface area (Å²) in [6.45, 7) is 6.32. The quantitative estimate of drug-likeness (QED) is 0.244. The highest BCUT2D eigenvalue weighted by atomic mass is 32.2. The minimum absolute atomic E-state index is 0.325. The molecule has 0 saturated carbocycles. The lowest BCUT2D eigenvalue weighted by Gasteiger charge is -2.13. The third-order valence-corrected chi connectivity index (χ3v) is 3.94. The predicted octanol–water partition coefficient (Wildman–Crippen LogP) is 3.57. The Hall–Kier alpha value is -1.14. The monoisotopic (exact) mass is 327 g/mol. The first-order chi connectivity index (χ1) is 10.7. The summed E-state index contributed by atoms with van der Waals surface area (Å²) in [5, 5.41) is 4.51. The van der Waals surface area contributed by atoms with Crippen LogP contribution in [0.15, 0.2) is 34.2 Å². The molecule has 0 saturated heterocycles. The molecule has 0 aromatic rings. The number of thioether (sulfide) groups is 1. The van der Waals surface area contributed by atoms with Crippen LogP contribution in [0.2, 0.25) is 0 Å². The van der Waals surface area contributed by atoms with Crippen molar-refractivity contribution in [2.75, 3.05) is 32.1 Å². The molecule has 0 amide bonds. The lowest BCUT2D eigenvalue weighted by atomic mass is 10.1. The molecule has 0 bridgehead atoms. The molecule has 0 aromatic heterocycles. The number of nitrogens with zero attached hydrogens (tertiary/aromatic N) is 2. The number of nitrogens with one attached hydrogen (secondary N) is 1. The summed E-state index contributed by atoms with van der Waals surface area (Å²) < 4.78 is 17.4. The van der Waals surface area contributed by atoms with Gasteiger partial charge in [-0.05, 0) is 25.6 Å². The average molecular weight is 327 g/mol. The van der Waals surface area contributed by atoms with Gasteiger partial charge in [-0.15, -0.1) is 11.8 Å². The molecule has 1 unspecified atom stereocenters. The van der Waals surface area contributed by atoms with E-state index in [1.165, 1.54) is 6.92 Å². The van der Waals surface area contributed by atoms with Gasteiger partial charge in [-0.3, -0.25) is 9.98 Å². The number of hydrogen-bond acceptors (Lipinski definition) is 5. The van der Waals surface area contributed by atoms with E-state index in [1.807, 2.05) is 0 Å². The zero-order chi connectivity index (χ0) is 16.0. The molecule has 124 valence electrons. The van der Waals surface area contributed by atoms with Crippen molar-refractivity contribution >= 4 is 23.0 Å². The van der Waals surface area contributed by atoms with Crippen LogP contribution in [0.3, 0.4) is 0 Å². The molecule has 0 spiro atoms. The van der Waals surface area contributed by atoms with E-state index in [2.05, 4.69) is 34.4 Å². The van der Waals surface area contributed by atoms with E-state index in [1.54, 1.807) is 18.0 Å². The maximum Gasteiger partial charge on any atom is 0.131 e. The standard InChI is InChI=1S/C16H26FN3OS/c1-3-22-16(15-6-4-8-18-10-7-15)20-13-19-9-5-11-21-12-14(2)17/h4,6,9,12,15,18H,3,5,7-8,10-11,13H2,1-2H3/b14-12-,19-9?,20-16?. The summed E-state index contributed by atoms with van der Waals surface area (Å²) in [5.41, 5.74) is 0. The molecule has 1 aliphatic rings. The van der Waals surface area contributed by atoms with E-state index in [0.29, 0.717) is 25.6 Å². The summed E-state index contributed by atoms with van der Waals surface area (Å²) in [7, 11) is 0. The number of aliphatic imine (C=N–C) groups is 2. The van der Waals surface area contributed by atoms with Gasteiger partial charge in [-0.2, -0.15) is 0 Å². The Morgan fingerprint density at radius 2 is 2.41 bits per heavy atom. The van der Waals surface area contributed by atoms with Crippen molar-refractivity contribution in [3.8, 4) is 0 Å². The van der Waals surface area contributed by atoms with Gasteiger partial charge in [0.25, 0.3) is 0 Å². The average Bonchev–Trinajstić information content (AvgIpc) is 2.77. The van der Waals surface area contributed by atoms with Crippen molar-refractivity contribution in [1.29, 1.82) is 0 Å². The molecule has 4 nitrogen and oxygen atoms in total. The van der Waals surface area contributed by atoms with Crippen molar-refractivity contribution in [2.45, 2.75) is 26.7 Å². The van der Waals surface area contributed by atoms with Crippen molar-refractivity contribution < 1.29 is 9.13 Å². The highest BCUT2D eigenvalue weighted by molar-refractivity contribution is 8.13. The minimum Gasteiger partial charge on any atom is -0.498 e. The molecular formula is C16H26FN3OS. The Labute approximate surface area is 137 Å². The van der Waals surface area contributed by atoms with Gasteiger partial charge in [0, 0.05) is 25.1 Å². The second-order valence-electron chi connectivity index (χ2n) is 4.83. The third kappa shape index (κ3) is 9.00. The van der Waals surface area contributed by atoms with E-state index >= 15 is 0 Å². The summed E-state index contributed by atoms with van der Waals surface area (Å²) in [6.07, 6.45) is 9.05. The number of hydrogen-bond donors (Lipinski definition) is 1. The maximum atomic E-state index is 12.4. The topological polar surface area (TPSA) is 46.0 Å². The molecular weight excluding hydrogens is 301 g/mol. The molecule has 0 aromatic carbocycles. The third-order valence-electron chi connectivity index (χ3n) is 2.92. The van der Waals surface area contributed by atoms with Crippen LogP contribution < -0.4 is 5.32 Å². The van der Waals surface area contributed by atoms with Crippen LogP contribution in [0.5, 0.6) is 0 Å². The number of ether oxygens (including phenoxy) is 1. The van der Waals surface area contributed by atoms with Crippen LogP contribution in [-0.2, 0) is 4.74 Å². The summed E-state index contributed by atoms with van der Waals surface area (Å²) in [4.78, 5) is 8.88. The summed E-state index contributed by atoms with van der Waals surface area (Å²) >= 11 is 1.79. The van der Waals surface area contributed by atoms with Gasteiger partial charge in [0.2, 0.25) is 0 Å². The Morgan fingerprint density at radius 3 is 3.18 bits per heavy atom. The molecule has 1 aliphatic heterocycles. The zero-order valence-electron chi connectivity index (χ0n) is 13.4. The number of halogens is 1. The maximum absolute atomic E-state index is 12.4. The van der Waals surface area contributed by atoms with Crippen LogP contribution in [-0.4, -0.2) is 43.4 Å². The van der Waals surface area contributed by atoms with Crippen molar-refractivity contribution in [2.24, 2.45) is 15.9 Å². The van der Waals surface area contributed by atoms with Gasteiger partial charge in [0.1, 0.15) is 18.8 Å². The fourth-order valence-electron chi connectivity index (χ4n) is 1.95. The van der Waals surface area contributed by atoms with Gasteiger partial charge >= 0.3 is 0 Å². The van der Waals surface area contributed by atoms with E-state index in [9.17, 15) is 4.39 Å². The Balaban J connectivity index is 2.37. The molecule has 1 atom stereocenters. The molecule has 1 rings (SSSR count). The number of rotatable bonds is 8. The van der Waals surface area contributed by atoms with Crippen molar-refractivity contribution in [1.82, 2.24) is 5.32 Å². The van der Waals surface area contributed by atoms with E-state index < -0.39 is 0 Å². The van der Waals surface area contributed by atoms with Gasteiger partial charge in [0.15, 0.2) is 0 Å². The fourth-order valence-corrected chi connectivity index (χ4v) is 2.80. The van der Waals surface area contributed by atoms with Crippen molar-refractivity contribution in [3.63, 3.8) is 0 Å². The zero-order valence-corrected chi connectivity index (χ0v) is 14.2. The minimum atomic E-state index is -0.325. The van der Waals surface area contributed by atoms with Crippen LogP contribution in [0.25, 0.3) is 0 Å². The Morgan fingerprint density at radius 1 is 1.55 bits per heavy atom. The largest absolute Gasteiger partial charge is 0.498 e. The van der Waals surface area contributed by atoms with Crippen LogP contribution in [0, 0.1) is 5.92 Å². The predicted molar refractivity (Wildman–Crippen MR) is 94.5 cm³/mol. The molecule has 22 heavy (non-hydrogen) atoms. The van der Waals surface area contributed by atoms with Crippen LogP contribution in [0.4, 0.5) is 4.39 Å². The summed E-state index contributed by atoms with van der Waals surface area (Å²) in [6, 6.07) is 0. The van der Waals surface area contributed by atoms with Gasteiger partial charge < -0.3 is 10.1 Å². The van der Waals surface area contributed by atoms with E-state index in [0.717, 1.165) is 36.6 Å². The first-order valence-electron chi connectivity index (χ1n) is 7.70. The molecule has 1 heterocycles. The van der Waals surface area contributed by atoms with Gasteiger partial charge in [-0.1, -0.05) is 19.1 Å². The van der Waals surface area contributed by atoms with Crippen LogP contribution in [0.1, 0.15) is 26.7 Å². The SMILES string of the molecule is CCSC(=NCN=CCCO/C=C(/C)F)C1C=CCNCC1. The summed E-state index contributed by atoms with van der Waals surface area (Å²) in [5.74, 6) is 1.09. The fraction of sp³-hybridized carbons (Fsp3) is 0.625. The second kappa shape index (κ2) is 12.4. The van der Waals surface area contributed by atoms with E-state index in [-0.39, 0.29) is 5.83 Å². The first kappa shape index (κ1) is 18.9. The Kier molecular flexibility index (Phi) is 10.7. The highest BCUT2D eigenvalue weighted by Gasteiger charge is 2.14. The number of allylic oxidation sites excluding steroid dienone is 2. The molecule has 1 N–H and O–H groups in total. The molecule has 0 fully saturated rings. The Bertz CT molecular complexity index is 418. The lowest BCUT2D eigenvalue weighted by Crippen LogP contribution is -2.17. The molecule has 0 radical (unpaired) electrons. The van der Waals surface area contributed by atoms with Crippen molar-refractivity contribution in [3.05, 3.63) is 24.2 Å². The van der Waals surface area contributed by atoms with Gasteiger partial charge in [-0.25, -0.2) is 4.39 Å².